The number of nitro groups is 1. The zero-order valence-corrected chi connectivity index (χ0v) is 23.5. The summed E-state index contributed by atoms with van der Waals surface area (Å²) in [6, 6.07) is 11.8. The molecule has 0 radical (unpaired) electrons. The summed E-state index contributed by atoms with van der Waals surface area (Å²) in [7, 11) is 2.08. The van der Waals surface area contributed by atoms with Crippen molar-refractivity contribution in [1.82, 2.24) is 0 Å². The van der Waals surface area contributed by atoms with Crippen LogP contribution in [0.5, 0.6) is 5.75 Å². The van der Waals surface area contributed by atoms with Gasteiger partial charge < -0.3 is 14.5 Å². The Hall–Kier alpha value is -1.97. The van der Waals surface area contributed by atoms with Gasteiger partial charge in [-0.05, 0) is 37.6 Å². The van der Waals surface area contributed by atoms with E-state index in [-0.39, 0.29) is 16.0 Å². The summed E-state index contributed by atoms with van der Waals surface area (Å²) >= 11 is 5.95. The molecule has 9 heteroatoms. The number of likely N-dealkylation sites (N-methyl/N-ethyl adjacent to an activating group) is 1. The molecular weight excluding hydrogens is 511 g/mol. The number of ether oxygens (including phenoxy) is 1. The Labute approximate surface area is 226 Å². The summed E-state index contributed by atoms with van der Waals surface area (Å²) in [6.45, 7) is 6.11. The van der Waals surface area contributed by atoms with Crippen molar-refractivity contribution in [2.45, 2.75) is 25.0 Å². The fourth-order valence-corrected chi connectivity index (χ4v) is 8.63. The standard InChI is InChI=1S/C27H33N3O3S3/c1-26(2)22-6-4-5-7-23(22)28(3)27(26)9-8-20-18-21(30(31)32)19-24(25(20)33-27)29-10-12-34-14-16-36-17-15-35-13-11-29/h4-9,18-19H,10-17H2,1-3H3. The molecule has 3 aliphatic heterocycles. The zero-order valence-electron chi connectivity index (χ0n) is 21.1. The lowest BCUT2D eigenvalue weighted by Gasteiger charge is -2.46. The Balaban J connectivity index is 1.56. The van der Waals surface area contributed by atoms with Crippen molar-refractivity contribution < 1.29 is 9.66 Å². The number of hydrogen-bond donors (Lipinski definition) is 0. The first kappa shape index (κ1) is 25.7. The summed E-state index contributed by atoms with van der Waals surface area (Å²) in [5, 5.41) is 11.9. The Morgan fingerprint density at radius 2 is 1.58 bits per heavy atom. The van der Waals surface area contributed by atoms with E-state index in [4.69, 9.17) is 4.74 Å². The highest BCUT2D eigenvalue weighted by atomic mass is 32.2. The van der Waals surface area contributed by atoms with Crippen LogP contribution in [0.3, 0.4) is 0 Å². The third-order valence-corrected chi connectivity index (χ3v) is 10.9. The van der Waals surface area contributed by atoms with E-state index in [9.17, 15) is 10.1 Å². The highest BCUT2D eigenvalue weighted by molar-refractivity contribution is 8.04. The average molecular weight is 544 g/mol. The van der Waals surface area contributed by atoms with Gasteiger partial charge in [-0.15, -0.1) is 0 Å². The molecule has 0 amide bonds. The molecule has 0 saturated carbocycles. The van der Waals surface area contributed by atoms with E-state index in [1.54, 1.807) is 12.1 Å². The number of nitro benzene ring substituents is 1. The lowest BCUT2D eigenvalue weighted by atomic mass is 9.76. The lowest BCUT2D eigenvalue weighted by molar-refractivity contribution is -0.384. The van der Waals surface area contributed by atoms with Crippen LogP contribution in [-0.4, -0.2) is 65.3 Å². The lowest BCUT2D eigenvalue weighted by Crippen LogP contribution is -2.58. The first-order valence-corrected chi connectivity index (χ1v) is 15.8. The van der Waals surface area contributed by atoms with Gasteiger partial charge in [0.2, 0.25) is 5.72 Å². The minimum atomic E-state index is -0.720. The molecule has 0 aliphatic carbocycles. The van der Waals surface area contributed by atoms with Gasteiger partial charge in [-0.1, -0.05) is 18.2 Å². The van der Waals surface area contributed by atoms with Crippen LogP contribution in [0, 0.1) is 10.1 Å². The van der Waals surface area contributed by atoms with Crippen molar-refractivity contribution >= 4 is 58.4 Å². The van der Waals surface area contributed by atoms with E-state index in [0.29, 0.717) is 0 Å². The van der Waals surface area contributed by atoms with E-state index in [1.165, 1.54) is 17.1 Å². The van der Waals surface area contributed by atoms with Gasteiger partial charge in [-0.3, -0.25) is 10.1 Å². The maximum atomic E-state index is 11.9. The van der Waals surface area contributed by atoms with Crippen molar-refractivity contribution in [3.63, 3.8) is 0 Å². The number of non-ortho nitro benzene ring substituents is 1. The molecule has 0 aromatic heterocycles. The third kappa shape index (κ3) is 4.47. The van der Waals surface area contributed by atoms with Crippen molar-refractivity contribution in [3.8, 4) is 5.75 Å². The molecule has 192 valence electrons. The van der Waals surface area contributed by atoms with E-state index in [1.807, 2.05) is 41.4 Å². The summed E-state index contributed by atoms with van der Waals surface area (Å²) < 4.78 is 7.04. The van der Waals surface area contributed by atoms with Gasteiger partial charge in [-0.25, -0.2) is 0 Å². The van der Waals surface area contributed by atoms with Gasteiger partial charge in [0.15, 0.2) is 5.75 Å². The number of thioether (sulfide) groups is 3. The molecule has 3 aliphatic rings. The molecule has 1 saturated heterocycles. The highest BCUT2D eigenvalue weighted by Crippen LogP contribution is 2.55. The molecule has 1 spiro atoms. The number of benzene rings is 2. The first-order valence-electron chi connectivity index (χ1n) is 12.4. The van der Waals surface area contributed by atoms with Gasteiger partial charge in [0.05, 0.1) is 16.0 Å². The van der Waals surface area contributed by atoms with Crippen LogP contribution in [0.1, 0.15) is 25.0 Å². The predicted molar refractivity (Wildman–Crippen MR) is 158 cm³/mol. The molecule has 1 fully saturated rings. The molecule has 36 heavy (non-hydrogen) atoms. The molecule has 1 unspecified atom stereocenters. The zero-order chi connectivity index (χ0) is 25.3. The van der Waals surface area contributed by atoms with Crippen molar-refractivity contribution in [1.29, 1.82) is 0 Å². The number of fused-ring (bicyclic) bond motifs is 2. The monoisotopic (exact) mass is 543 g/mol. The second-order valence-corrected chi connectivity index (χ2v) is 13.5. The number of anilines is 2. The topological polar surface area (TPSA) is 58.8 Å². The maximum Gasteiger partial charge on any atom is 0.272 e. The number of nitrogens with zero attached hydrogens (tertiary/aromatic N) is 3. The molecule has 3 heterocycles. The highest BCUT2D eigenvalue weighted by Gasteiger charge is 2.58. The number of hydrogen-bond acceptors (Lipinski definition) is 8. The van der Waals surface area contributed by atoms with Crippen molar-refractivity contribution in [3.05, 3.63) is 63.7 Å². The van der Waals surface area contributed by atoms with E-state index in [2.05, 4.69) is 61.0 Å². The minimum absolute atomic E-state index is 0.109. The van der Waals surface area contributed by atoms with Crippen LogP contribution in [0.2, 0.25) is 0 Å². The van der Waals surface area contributed by atoms with Gasteiger partial charge >= 0.3 is 0 Å². The second-order valence-electron chi connectivity index (χ2n) is 9.80. The summed E-state index contributed by atoms with van der Waals surface area (Å²) in [5.74, 6) is 7.34. The van der Waals surface area contributed by atoms with Crippen LogP contribution < -0.4 is 14.5 Å². The summed E-state index contributed by atoms with van der Waals surface area (Å²) in [6.07, 6.45) is 4.11. The van der Waals surface area contributed by atoms with Crippen LogP contribution in [0.25, 0.3) is 6.08 Å². The normalized spacial score (nSPS) is 23.9. The van der Waals surface area contributed by atoms with Crippen LogP contribution in [-0.2, 0) is 5.41 Å². The molecule has 5 rings (SSSR count). The van der Waals surface area contributed by atoms with Crippen LogP contribution in [0.15, 0.2) is 42.5 Å². The van der Waals surface area contributed by atoms with Gasteiger partial charge in [-0.2, -0.15) is 35.3 Å². The van der Waals surface area contributed by atoms with Crippen LogP contribution in [0.4, 0.5) is 17.1 Å². The molecule has 1 atom stereocenters. The van der Waals surface area contributed by atoms with Crippen LogP contribution >= 0.6 is 35.3 Å². The molecule has 6 nitrogen and oxygen atoms in total. The smallest absolute Gasteiger partial charge is 0.272 e. The second kappa shape index (κ2) is 10.4. The fraction of sp³-hybridized carbons (Fsp3) is 0.481. The minimum Gasteiger partial charge on any atom is -0.461 e. The molecular formula is C27H33N3O3S3. The molecule has 2 aromatic carbocycles. The summed E-state index contributed by atoms with van der Waals surface area (Å²) in [5.41, 5.74) is 3.05. The number of para-hydroxylation sites is 1. The van der Waals surface area contributed by atoms with Crippen molar-refractivity contribution in [2.75, 3.05) is 64.5 Å². The van der Waals surface area contributed by atoms with Gasteiger partial charge in [0, 0.05) is 78.0 Å². The largest absolute Gasteiger partial charge is 0.461 e. The summed E-state index contributed by atoms with van der Waals surface area (Å²) in [4.78, 5) is 16.1. The Bertz CT molecular complexity index is 1160. The molecule has 0 N–H and O–H groups in total. The Kier molecular flexibility index (Phi) is 7.43. The SMILES string of the molecule is CN1c2ccccc2C(C)(C)C12C=Cc1cc([N+](=O)[O-])cc(N3CCSCCSCCSCC3)c1O2. The van der Waals surface area contributed by atoms with E-state index in [0.717, 1.165) is 58.8 Å². The first-order chi connectivity index (χ1) is 17.3. The van der Waals surface area contributed by atoms with Gasteiger partial charge in [0.1, 0.15) is 0 Å². The number of rotatable bonds is 2. The van der Waals surface area contributed by atoms with Gasteiger partial charge in [0.25, 0.3) is 5.69 Å². The molecule has 2 aromatic rings. The average Bonchev–Trinajstić information content (AvgIpc) is 3.02. The molecule has 0 bridgehead atoms. The van der Waals surface area contributed by atoms with E-state index < -0.39 is 5.72 Å². The third-order valence-electron chi connectivity index (χ3n) is 7.47. The van der Waals surface area contributed by atoms with Crippen molar-refractivity contribution in [2.24, 2.45) is 0 Å². The Morgan fingerprint density at radius 1 is 0.944 bits per heavy atom. The predicted octanol–water partition coefficient (Wildman–Crippen LogP) is 6.14. The maximum absolute atomic E-state index is 11.9. The Morgan fingerprint density at radius 3 is 2.22 bits per heavy atom. The quantitative estimate of drug-likeness (QED) is 0.331. The van der Waals surface area contributed by atoms with E-state index >= 15 is 0 Å². The fourth-order valence-electron chi connectivity index (χ4n) is 5.43.